The van der Waals surface area contributed by atoms with E-state index in [0.717, 1.165) is 37.0 Å². The number of aliphatic imine (C=N–C) groups is 1. The quantitative estimate of drug-likeness (QED) is 0.210. The van der Waals surface area contributed by atoms with Crippen molar-refractivity contribution in [3.63, 3.8) is 0 Å². The number of nitrogens with one attached hydrogen (secondary N) is 3. The van der Waals surface area contributed by atoms with Gasteiger partial charge in [-0.1, -0.05) is 0 Å². The number of thioether (sulfide) groups is 1. The summed E-state index contributed by atoms with van der Waals surface area (Å²) in [6.07, 6.45) is 4.09. The van der Waals surface area contributed by atoms with Crippen LogP contribution in [0, 0.1) is 0 Å². The first-order chi connectivity index (χ1) is 11.9. The molecule has 0 aliphatic heterocycles. The number of alkyl carbamates (subject to hydrolysis) is 1. The minimum Gasteiger partial charge on any atom is -0.469 e. The molecule has 0 fully saturated rings. The fourth-order valence-corrected chi connectivity index (χ4v) is 2.12. The van der Waals surface area contributed by atoms with Gasteiger partial charge in [0.25, 0.3) is 0 Å². The second-order valence-electron chi connectivity index (χ2n) is 6.33. The Morgan fingerprint density at radius 2 is 1.92 bits per heavy atom. The summed E-state index contributed by atoms with van der Waals surface area (Å²) in [5.41, 5.74) is -0.491. The molecule has 0 bridgehead atoms. The summed E-state index contributed by atoms with van der Waals surface area (Å²) in [4.78, 5) is 16.1. The van der Waals surface area contributed by atoms with Crippen molar-refractivity contribution in [2.24, 2.45) is 4.99 Å². The minimum atomic E-state index is -0.491. The highest BCUT2D eigenvalue weighted by Crippen LogP contribution is 2.06. The summed E-state index contributed by atoms with van der Waals surface area (Å²) in [6, 6.07) is 3.83. The molecule has 0 saturated carbocycles. The van der Waals surface area contributed by atoms with E-state index < -0.39 is 11.7 Å². The van der Waals surface area contributed by atoms with E-state index in [1.165, 1.54) is 0 Å². The molecule has 0 radical (unpaired) electrons. The molecule has 1 aromatic heterocycles. The molecule has 3 N–H and O–H groups in total. The smallest absolute Gasteiger partial charge is 0.407 e. The zero-order valence-electron chi connectivity index (χ0n) is 16.0. The third-order valence-electron chi connectivity index (χ3n) is 2.89. The van der Waals surface area contributed by atoms with E-state index in [0.29, 0.717) is 13.1 Å². The summed E-state index contributed by atoms with van der Waals surface area (Å²) < 4.78 is 10.5. The van der Waals surface area contributed by atoms with Gasteiger partial charge >= 0.3 is 6.09 Å². The Kier molecular flexibility index (Phi) is 13.4. The molecule has 1 rings (SSSR count). The highest BCUT2D eigenvalue weighted by atomic mass is 127. The molecular formula is C17H31IN4O3S. The van der Waals surface area contributed by atoms with Gasteiger partial charge in [-0.05, 0) is 39.2 Å². The van der Waals surface area contributed by atoms with Crippen LogP contribution in [0.3, 0.4) is 0 Å². The maximum atomic E-state index is 11.6. The minimum absolute atomic E-state index is 0. The van der Waals surface area contributed by atoms with Crippen LogP contribution in [0.5, 0.6) is 0 Å². The second kappa shape index (κ2) is 14.0. The van der Waals surface area contributed by atoms with E-state index in [-0.39, 0.29) is 24.0 Å². The van der Waals surface area contributed by atoms with Crippen molar-refractivity contribution in [3.8, 4) is 0 Å². The highest BCUT2D eigenvalue weighted by Gasteiger charge is 2.15. The number of ether oxygens (including phenoxy) is 1. The third-order valence-corrected chi connectivity index (χ3v) is 3.49. The predicted octanol–water partition coefficient (Wildman–Crippen LogP) is 2.86. The molecule has 0 aliphatic rings. The molecule has 9 heteroatoms. The van der Waals surface area contributed by atoms with Gasteiger partial charge in [-0.15, -0.1) is 24.0 Å². The molecule has 0 unspecified atom stereocenters. The van der Waals surface area contributed by atoms with Crippen molar-refractivity contribution in [2.45, 2.75) is 32.8 Å². The van der Waals surface area contributed by atoms with Gasteiger partial charge in [-0.25, -0.2) is 4.79 Å². The highest BCUT2D eigenvalue weighted by molar-refractivity contribution is 14.0. The molecule has 0 atom stereocenters. The number of hydrogen-bond acceptors (Lipinski definition) is 5. The Morgan fingerprint density at radius 3 is 2.54 bits per heavy atom. The lowest BCUT2D eigenvalue weighted by Gasteiger charge is -2.20. The topological polar surface area (TPSA) is 87.9 Å². The number of hydrogen-bond donors (Lipinski definition) is 3. The Hall–Kier alpha value is -1.10. The number of halogens is 1. The number of furan rings is 1. The van der Waals surface area contributed by atoms with Crippen LogP contribution in [0.4, 0.5) is 4.79 Å². The average Bonchev–Trinajstić information content (AvgIpc) is 3.02. The van der Waals surface area contributed by atoms with Gasteiger partial charge in [-0.2, -0.15) is 11.8 Å². The van der Waals surface area contributed by atoms with Gasteiger partial charge in [0.15, 0.2) is 5.96 Å². The first-order valence-electron chi connectivity index (χ1n) is 8.41. The average molecular weight is 498 g/mol. The molecule has 0 aromatic carbocycles. The molecule has 7 nitrogen and oxygen atoms in total. The van der Waals surface area contributed by atoms with Crippen LogP contribution in [-0.2, 0) is 11.2 Å². The van der Waals surface area contributed by atoms with Crippen molar-refractivity contribution < 1.29 is 13.9 Å². The van der Waals surface area contributed by atoms with Crippen molar-refractivity contribution >= 4 is 47.8 Å². The van der Waals surface area contributed by atoms with Crippen LogP contribution in [0.15, 0.2) is 27.8 Å². The largest absolute Gasteiger partial charge is 0.469 e. The summed E-state index contributed by atoms with van der Waals surface area (Å²) in [5.74, 6) is 2.62. The molecule has 150 valence electrons. The first kappa shape index (κ1) is 24.9. The maximum Gasteiger partial charge on any atom is 0.407 e. The van der Waals surface area contributed by atoms with E-state index in [4.69, 9.17) is 9.15 Å². The number of nitrogens with zero attached hydrogens (tertiary/aromatic N) is 1. The fourth-order valence-electron chi connectivity index (χ4n) is 1.84. The molecule has 1 amide bonds. The van der Waals surface area contributed by atoms with E-state index in [2.05, 4.69) is 27.2 Å². The summed E-state index contributed by atoms with van der Waals surface area (Å²) in [5, 5.41) is 9.19. The Morgan fingerprint density at radius 1 is 1.23 bits per heavy atom. The number of rotatable bonds is 9. The third kappa shape index (κ3) is 13.2. The predicted molar refractivity (Wildman–Crippen MR) is 119 cm³/mol. The van der Waals surface area contributed by atoms with Crippen molar-refractivity contribution in [3.05, 3.63) is 24.2 Å². The van der Waals surface area contributed by atoms with Crippen molar-refractivity contribution in [1.82, 2.24) is 16.0 Å². The Bertz CT molecular complexity index is 519. The molecular weight excluding hydrogens is 467 g/mol. The number of carbonyl (C=O) groups is 1. The van der Waals surface area contributed by atoms with Crippen LogP contribution in [-0.4, -0.2) is 55.8 Å². The van der Waals surface area contributed by atoms with Crippen LogP contribution in [0.1, 0.15) is 26.5 Å². The maximum absolute atomic E-state index is 11.6. The monoisotopic (exact) mass is 498 g/mol. The van der Waals surface area contributed by atoms with E-state index in [1.54, 1.807) is 18.0 Å². The lowest BCUT2D eigenvalue weighted by molar-refractivity contribution is 0.0529. The molecule has 0 saturated heterocycles. The molecule has 26 heavy (non-hydrogen) atoms. The van der Waals surface area contributed by atoms with Crippen molar-refractivity contribution in [2.75, 3.05) is 38.2 Å². The molecule has 1 aromatic rings. The van der Waals surface area contributed by atoms with E-state index in [1.807, 2.05) is 32.9 Å². The lowest BCUT2D eigenvalue weighted by atomic mass is 10.2. The first-order valence-corrected chi connectivity index (χ1v) is 9.80. The lowest BCUT2D eigenvalue weighted by Crippen LogP contribution is -2.43. The van der Waals surface area contributed by atoms with Gasteiger partial charge in [0, 0.05) is 31.8 Å². The van der Waals surface area contributed by atoms with Crippen LogP contribution in [0.25, 0.3) is 0 Å². The van der Waals surface area contributed by atoms with Gasteiger partial charge in [-0.3, -0.25) is 4.99 Å². The van der Waals surface area contributed by atoms with Crippen LogP contribution in [0.2, 0.25) is 0 Å². The zero-order chi connectivity index (χ0) is 18.5. The SMILES string of the molecule is CSCCN=C(NCCNC(=O)OC(C)(C)C)NCCc1ccco1.I. The zero-order valence-corrected chi connectivity index (χ0v) is 19.1. The fraction of sp³-hybridized carbons (Fsp3) is 0.647. The molecule has 1 heterocycles. The van der Waals surface area contributed by atoms with Crippen molar-refractivity contribution in [1.29, 1.82) is 0 Å². The number of carbonyl (C=O) groups excluding carboxylic acids is 1. The molecule has 0 spiro atoms. The number of guanidine groups is 1. The summed E-state index contributed by atoms with van der Waals surface area (Å²) in [6.45, 7) is 7.98. The van der Waals surface area contributed by atoms with Gasteiger partial charge in [0.2, 0.25) is 0 Å². The van der Waals surface area contributed by atoms with Gasteiger partial charge in [0.05, 0.1) is 12.8 Å². The van der Waals surface area contributed by atoms with Crippen LogP contribution >= 0.6 is 35.7 Å². The van der Waals surface area contributed by atoms with E-state index in [9.17, 15) is 4.79 Å². The second-order valence-corrected chi connectivity index (χ2v) is 7.32. The Balaban J connectivity index is 0.00000625. The molecule has 0 aliphatic carbocycles. The number of amides is 1. The standard InChI is InChI=1S/C17H30N4O3S.HI/c1-17(2,3)24-16(22)21-10-9-19-15(20-11-13-25-4)18-8-7-14-6-5-12-23-14;/h5-6,12H,7-11,13H2,1-4H3,(H,21,22)(H2,18,19,20);1H. The summed E-state index contributed by atoms with van der Waals surface area (Å²) >= 11 is 1.75. The van der Waals surface area contributed by atoms with Gasteiger partial charge < -0.3 is 25.1 Å². The summed E-state index contributed by atoms with van der Waals surface area (Å²) in [7, 11) is 0. The normalized spacial score (nSPS) is 11.5. The van der Waals surface area contributed by atoms with E-state index >= 15 is 0 Å². The van der Waals surface area contributed by atoms with Crippen LogP contribution < -0.4 is 16.0 Å². The van der Waals surface area contributed by atoms with Gasteiger partial charge in [0.1, 0.15) is 11.4 Å². The Labute approximate surface area is 177 Å².